The van der Waals surface area contributed by atoms with Crippen molar-refractivity contribution in [2.75, 3.05) is 19.0 Å². The SMILES string of the molecule is CC(=O)O[C@]1(C(C)=O)CCC2C3CCC4(c5ccc(N(C)C)cc5)CC(=O)CC=C4C3=CC[C@@]21C. The van der Waals surface area contributed by atoms with Crippen LogP contribution in [0.3, 0.4) is 0 Å². The number of ether oxygens (including phenoxy) is 1. The molecule has 0 amide bonds. The minimum Gasteiger partial charge on any atom is -0.451 e. The molecular weight excluding hydrogens is 438 g/mol. The zero-order chi connectivity index (χ0) is 25.2. The number of Topliss-reactive ketones (excluding diaryl/α,β-unsaturated/α-hetero) is 2. The topological polar surface area (TPSA) is 63.7 Å². The molecule has 0 radical (unpaired) electrons. The summed E-state index contributed by atoms with van der Waals surface area (Å²) in [6, 6.07) is 8.70. The Balaban J connectivity index is 1.57. The minimum atomic E-state index is -1.04. The zero-order valence-electron chi connectivity index (χ0n) is 21.6. The lowest BCUT2D eigenvalue weighted by Gasteiger charge is -2.54. The van der Waals surface area contributed by atoms with E-state index < -0.39 is 11.0 Å². The molecule has 0 bridgehead atoms. The molecule has 5 atom stereocenters. The fourth-order valence-electron chi connectivity index (χ4n) is 8.06. The highest BCUT2D eigenvalue weighted by Crippen LogP contribution is 2.65. The normalized spacial score (nSPS) is 35.7. The van der Waals surface area contributed by atoms with Crippen molar-refractivity contribution in [2.45, 2.75) is 76.7 Å². The number of carbonyl (C=O) groups is 3. The molecule has 1 aromatic carbocycles. The van der Waals surface area contributed by atoms with Crippen molar-refractivity contribution in [3.63, 3.8) is 0 Å². The molecule has 0 heterocycles. The molecule has 5 heteroatoms. The quantitative estimate of drug-likeness (QED) is 0.551. The fraction of sp³-hybridized carbons (Fsp3) is 0.567. The summed E-state index contributed by atoms with van der Waals surface area (Å²) in [5.74, 6) is 0.478. The van der Waals surface area contributed by atoms with Crippen LogP contribution >= 0.6 is 0 Å². The third-order valence-electron chi connectivity index (χ3n) is 9.74. The first-order valence-corrected chi connectivity index (χ1v) is 13.0. The maximum atomic E-state index is 12.9. The molecule has 186 valence electrons. The van der Waals surface area contributed by atoms with Gasteiger partial charge in [0.2, 0.25) is 0 Å². The van der Waals surface area contributed by atoms with Crippen molar-refractivity contribution in [2.24, 2.45) is 17.3 Å². The van der Waals surface area contributed by atoms with E-state index in [-0.39, 0.29) is 23.1 Å². The highest BCUT2D eigenvalue weighted by molar-refractivity contribution is 5.89. The highest BCUT2D eigenvalue weighted by atomic mass is 16.6. The smallest absolute Gasteiger partial charge is 0.303 e. The van der Waals surface area contributed by atoms with Crippen LogP contribution in [0.25, 0.3) is 0 Å². The van der Waals surface area contributed by atoms with Crippen LogP contribution in [0, 0.1) is 17.3 Å². The molecule has 0 N–H and O–H groups in total. The van der Waals surface area contributed by atoms with Gasteiger partial charge in [0.05, 0.1) is 0 Å². The number of benzene rings is 1. The number of hydrogen-bond acceptors (Lipinski definition) is 5. The molecule has 1 aromatic rings. The van der Waals surface area contributed by atoms with Crippen molar-refractivity contribution in [1.29, 1.82) is 0 Å². The Morgan fingerprint density at radius 2 is 1.74 bits per heavy atom. The number of nitrogens with zero attached hydrogens (tertiary/aromatic N) is 1. The van der Waals surface area contributed by atoms with Crippen molar-refractivity contribution < 1.29 is 19.1 Å². The molecule has 5 nitrogen and oxygen atoms in total. The number of fused-ring (bicyclic) bond motifs is 5. The number of rotatable bonds is 4. The second-order valence-corrected chi connectivity index (χ2v) is 11.6. The Morgan fingerprint density at radius 1 is 1.03 bits per heavy atom. The average Bonchev–Trinajstić information content (AvgIpc) is 3.11. The molecule has 3 unspecified atom stereocenters. The Kier molecular flexibility index (Phi) is 5.61. The largest absolute Gasteiger partial charge is 0.451 e. The van der Waals surface area contributed by atoms with Crippen molar-refractivity contribution in [3.8, 4) is 0 Å². The van der Waals surface area contributed by atoms with Gasteiger partial charge in [-0.25, -0.2) is 0 Å². The fourth-order valence-corrected chi connectivity index (χ4v) is 8.06. The van der Waals surface area contributed by atoms with Gasteiger partial charge in [0.1, 0.15) is 5.78 Å². The van der Waals surface area contributed by atoms with Gasteiger partial charge in [-0.05, 0) is 79.7 Å². The summed E-state index contributed by atoms with van der Waals surface area (Å²) in [6.07, 6.45) is 9.61. The zero-order valence-corrected chi connectivity index (χ0v) is 21.6. The maximum absolute atomic E-state index is 12.9. The number of anilines is 1. The summed E-state index contributed by atoms with van der Waals surface area (Å²) in [5.41, 5.74) is 3.33. The third-order valence-corrected chi connectivity index (χ3v) is 9.74. The summed E-state index contributed by atoms with van der Waals surface area (Å²) < 4.78 is 5.87. The lowest BCUT2D eigenvalue weighted by Crippen LogP contribution is -2.56. The van der Waals surface area contributed by atoms with E-state index in [1.54, 1.807) is 6.92 Å². The number of carbonyl (C=O) groups excluding carboxylic acids is 3. The molecule has 2 fully saturated rings. The van der Waals surface area contributed by atoms with Gasteiger partial charge in [-0.3, -0.25) is 14.4 Å². The van der Waals surface area contributed by atoms with Gasteiger partial charge in [0, 0.05) is 50.4 Å². The van der Waals surface area contributed by atoms with Crippen LogP contribution in [0.5, 0.6) is 0 Å². The average molecular weight is 476 g/mol. The summed E-state index contributed by atoms with van der Waals surface area (Å²) in [6.45, 7) is 5.14. The summed E-state index contributed by atoms with van der Waals surface area (Å²) >= 11 is 0. The van der Waals surface area contributed by atoms with Gasteiger partial charge < -0.3 is 9.64 Å². The standard InChI is InChI=1S/C30H37NO4/c1-19(32)30(35-20(2)33)17-14-26-24-13-16-29(21-6-8-22(9-7-21)31(4)5)18-23(34)10-11-27(29)25(24)12-15-28(26,30)3/h6-9,11-12,24,26H,10,13-18H2,1-5H3/t24?,26?,28-,29?,30-/m0/s1. The highest BCUT2D eigenvalue weighted by Gasteiger charge is 2.66. The molecule has 0 aliphatic heterocycles. The summed E-state index contributed by atoms with van der Waals surface area (Å²) in [4.78, 5) is 39.9. The van der Waals surface area contributed by atoms with E-state index in [0.717, 1.165) is 24.9 Å². The molecule has 4 aliphatic carbocycles. The lowest BCUT2D eigenvalue weighted by atomic mass is 9.50. The first-order valence-electron chi connectivity index (χ1n) is 13.0. The van der Waals surface area contributed by atoms with E-state index in [0.29, 0.717) is 37.4 Å². The number of hydrogen-bond donors (Lipinski definition) is 0. The first-order chi connectivity index (χ1) is 16.5. The minimum absolute atomic E-state index is 0.0387. The number of allylic oxidation sites excluding steroid dienone is 4. The maximum Gasteiger partial charge on any atom is 0.303 e. The van der Waals surface area contributed by atoms with Gasteiger partial charge in [0.15, 0.2) is 11.4 Å². The van der Waals surface area contributed by atoms with E-state index >= 15 is 0 Å². The monoisotopic (exact) mass is 475 g/mol. The Morgan fingerprint density at radius 3 is 2.37 bits per heavy atom. The predicted molar refractivity (Wildman–Crippen MR) is 136 cm³/mol. The molecule has 0 saturated heterocycles. The van der Waals surface area contributed by atoms with Gasteiger partial charge in [0.25, 0.3) is 0 Å². The van der Waals surface area contributed by atoms with Crippen molar-refractivity contribution >= 4 is 23.2 Å². The molecule has 2 saturated carbocycles. The van der Waals surface area contributed by atoms with Crippen molar-refractivity contribution in [1.82, 2.24) is 0 Å². The van der Waals surface area contributed by atoms with Crippen LogP contribution in [0.15, 0.2) is 47.6 Å². The molecule has 4 aliphatic rings. The van der Waals surface area contributed by atoms with E-state index in [2.05, 4.69) is 48.2 Å². The summed E-state index contributed by atoms with van der Waals surface area (Å²) in [7, 11) is 4.08. The van der Waals surface area contributed by atoms with E-state index in [1.807, 2.05) is 14.1 Å². The van der Waals surface area contributed by atoms with Crippen molar-refractivity contribution in [3.05, 3.63) is 53.1 Å². The number of esters is 1. The third kappa shape index (κ3) is 3.37. The van der Waals surface area contributed by atoms with Crippen LogP contribution < -0.4 is 4.90 Å². The second kappa shape index (κ2) is 8.18. The van der Waals surface area contributed by atoms with E-state index in [4.69, 9.17) is 4.74 Å². The van der Waals surface area contributed by atoms with Gasteiger partial charge in [-0.2, -0.15) is 0 Å². The molecule has 0 spiro atoms. The first kappa shape index (κ1) is 24.0. The van der Waals surface area contributed by atoms with E-state index in [1.165, 1.54) is 23.6 Å². The van der Waals surface area contributed by atoms with Crippen LogP contribution in [0.1, 0.15) is 71.3 Å². The molecule has 5 rings (SSSR count). The van der Waals surface area contributed by atoms with E-state index in [9.17, 15) is 14.4 Å². The Hall–Kier alpha value is -2.69. The van der Waals surface area contributed by atoms with Gasteiger partial charge in [-0.15, -0.1) is 0 Å². The Labute approximate surface area is 208 Å². The number of ketones is 2. The molecule has 35 heavy (non-hydrogen) atoms. The predicted octanol–water partition coefficient (Wildman–Crippen LogP) is 5.33. The van der Waals surface area contributed by atoms with Crippen LogP contribution in [0.2, 0.25) is 0 Å². The van der Waals surface area contributed by atoms with Crippen LogP contribution in [0.4, 0.5) is 5.69 Å². The van der Waals surface area contributed by atoms with Crippen LogP contribution in [-0.2, 0) is 24.5 Å². The summed E-state index contributed by atoms with van der Waals surface area (Å²) in [5, 5.41) is 0. The molecule has 0 aromatic heterocycles. The van der Waals surface area contributed by atoms with Crippen LogP contribution in [-0.4, -0.2) is 37.2 Å². The Bertz CT molecular complexity index is 1150. The molecular formula is C30H37NO4. The van der Waals surface area contributed by atoms with Gasteiger partial charge >= 0.3 is 5.97 Å². The second-order valence-electron chi connectivity index (χ2n) is 11.6. The van der Waals surface area contributed by atoms with Gasteiger partial charge in [-0.1, -0.05) is 31.2 Å². The lowest BCUT2D eigenvalue weighted by molar-refractivity contribution is -0.180.